The molecule has 0 saturated carbocycles. The summed E-state index contributed by atoms with van der Waals surface area (Å²) in [6.07, 6.45) is 0.308. The van der Waals surface area contributed by atoms with E-state index in [9.17, 15) is 13.2 Å². The molecule has 78 valence electrons. The molecule has 0 rings (SSSR count). The summed E-state index contributed by atoms with van der Waals surface area (Å²) in [5, 5.41) is 0. The Morgan fingerprint density at radius 1 is 1.31 bits per heavy atom. The van der Waals surface area contributed by atoms with Gasteiger partial charge in [-0.3, -0.25) is 8.98 Å². The number of ether oxygens (including phenoxy) is 1. The topological polar surface area (TPSA) is 78.9 Å². The van der Waals surface area contributed by atoms with Crippen LogP contribution in [0.1, 0.15) is 13.3 Å². The predicted octanol–water partition coefficient (Wildman–Crippen LogP) is -0.153. The third-order valence-electron chi connectivity index (χ3n) is 1.03. The van der Waals surface area contributed by atoms with E-state index in [1.165, 1.54) is 6.92 Å². The van der Waals surface area contributed by atoms with Gasteiger partial charge in [0.1, 0.15) is 0 Å². The van der Waals surface area contributed by atoms with Crippen LogP contribution in [0.25, 0.3) is 0 Å². The SMILES string of the molecule is COS(=O)(=O)OCCCOC(C)=O. The third kappa shape index (κ3) is 7.69. The van der Waals surface area contributed by atoms with Crippen LogP contribution in [0.2, 0.25) is 0 Å². The van der Waals surface area contributed by atoms with Crippen LogP contribution in [-0.4, -0.2) is 34.7 Å². The molecule has 0 amide bonds. The highest BCUT2D eigenvalue weighted by molar-refractivity contribution is 7.81. The van der Waals surface area contributed by atoms with Crippen LogP contribution in [0.3, 0.4) is 0 Å². The molecule has 0 spiro atoms. The Labute approximate surface area is 77.1 Å². The molecule has 0 saturated heterocycles. The van der Waals surface area contributed by atoms with Gasteiger partial charge in [0.15, 0.2) is 0 Å². The van der Waals surface area contributed by atoms with E-state index in [0.29, 0.717) is 6.42 Å². The number of carbonyl (C=O) groups excluding carboxylic acids is 1. The summed E-state index contributed by atoms with van der Waals surface area (Å²) in [7, 11) is -2.86. The van der Waals surface area contributed by atoms with Crippen LogP contribution in [0.15, 0.2) is 0 Å². The fourth-order valence-electron chi connectivity index (χ4n) is 0.484. The Morgan fingerprint density at radius 3 is 2.38 bits per heavy atom. The van der Waals surface area contributed by atoms with Crippen LogP contribution in [0, 0.1) is 0 Å². The first-order chi connectivity index (χ1) is 5.98. The molecule has 0 aromatic carbocycles. The van der Waals surface area contributed by atoms with Gasteiger partial charge in [0, 0.05) is 13.3 Å². The summed E-state index contributed by atoms with van der Waals surface area (Å²) in [6.45, 7) is 1.34. The zero-order valence-corrected chi connectivity index (χ0v) is 8.30. The Balaban J connectivity index is 3.42. The molecule has 7 heteroatoms. The summed E-state index contributed by atoms with van der Waals surface area (Å²) in [6, 6.07) is 0. The number of esters is 1. The van der Waals surface area contributed by atoms with Gasteiger partial charge in [-0.05, 0) is 0 Å². The second kappa shape index (κ2) is 5.90. The maximum absolute atomic E-state index is 10.5. The van der Waals surface area contributed by atoms with Crippen LogP contribution in [0.4, 0.5) is 0 Å². The number of rotatable bonds is 6. The van der Waals surface area contributed by atoms with E-state index in [-0.39, 0.29) is 13.2 Å². The minimum Gasteiger partial charge on any atom is -0.466 e. The van der Waals surface area contributed by atoms with Gasteiger partial charge in [0.2, 0.25) is 0 Å². The monoisotopic (exact) mass is 212 g/mol. The molecule has 0 aliphatic heterocycles. The van der Waals surface area contributed by atoms with Crippen molar-refractivity contribution >= 4 is 16.4 Å². The molecule has 0 aromatic rings. The average Bonchev–Trinajstić information content (AvgIpc) is 2.03. The molecule has 0 bridgehead atoms. The molecular weight excluding hydrogens is 200 g/mol. The van der Waals surface area contributed by atoms with Crippen molar-refractivity contribution in [2.75, 3.05) is 20.3 Å². The zero-order valence-electron chi connectivity index (χ0n) is 7.48. The lowest BCUT2D eigenvalue weighted by Gasteiger charge is -2.02. The second-order valence-corrected chi connectivity index (χ2v) is 3.48. The average molecular weight is 212 g/mol. The Bertz CT molecular complexity index is 244. The van der Waals surface area contributed by atoms with Crippen LogP contribution >= 0.6 is 0 Å². The summed E-state index contributed by atoms with van der Waals surface area (Å²) in [5.74, 6) is -0.408. The number of hydrogen-bond donors (Lipinski definition) is 0. The summed E-state index contributed by atoms with van der Waals surface area (Å²) >= 11 is 0. The van der Waals surface area contributed by atoms with Gasteiger partial charge in [0.05, 0.1) is 20.3 Å². The summed E-state index contributed by atoms with van der Waals surface area (Å²) < 4.78 is 34.0. The van der Waals surface area contributed by atoms with Gasteiger partial charge >= 0.3 is 16.4 Å². The van der Waals surface area contributed by atoms with Crippen molar-refractivity contribution in [1.29, 1.82) is 0 Å². The van der Waals surface area contributed by atoms with Crippen LogP contribution < -0.4 is 0 Å². The quantitative estimate of drug-likeness (QED) is 0.450. The largest absolute Gasteiger partial charge is 0.466 e. The van der Waals surface area contributed by atoms with Gasteiger partial charge < -0.3 is 4.74 Å². The van der Waals surface area contributed by atoms with Gasteiger partial charge in [-0.1, -0.05) is 0 Å². The fourth-order valence-corrected chi connectivity index (χ4v) is 0.902. The lowest BCUT2D eigenvalue weighted by Crippen LogP contribution is -2.10. The molecule has 0 aliphatic carbocycles. The smallest absolute Gasteiger partial charge is 0.399 e. The van der Waals surface area contributed by atoms with E-state index in [2.05, 4.69) is 13.1 Å². The molecule has 6 nitrogen and oxygen atoms in total. The predicted molar refractivity (Wildman–Crippen MR) is 43.1 cm³/mol. The minimum atomic E-state index is -3.86. The van der Waals surface area contributed by atoms with E-state index in [0.717, 1.165) is 7.11 Å². The molecule has 0 heterocycles. The second-order valence-electron chi connectivity index (χ2n) is 2.09. The van der Waals surface area contributed by atoms with Crippen molar-refractivity contribution in [3.8, 4) is 0 Å². The van der Waals surface area contributed by atoms with Crippen molar-refractivity contribution in [2.45, 2.75) is 13.3 Å². The Kier molecular flexibility index (Phi) is 5.60. The molecule has 0 fully saturated rings. The Morgan fingerprint density at radius 2 is 1.92 bits per heavy atom. The van der Waals surface area contributed by atoms with E-state index in [1.54, 1.807) is 0 Å². The van der Waals surface area contributed by atoms with Crippen molar-refractivity contribution < 1.29 is 26.3 Å². The fraction of sp³-hybridized carbons (Fsp3) is 0.833. The van der Waals surface area contributed by atoms with Crippen molar-refractivity contribution in [3.63, 3.8) is 0 Å². The highest BCUT2D eigenvalue weighted by Gasteiger charge is 2.07. The first-order valence-corrected chi connectivity index (χ1v) is 4.89. The molecule has 0 aromatic heterocycles. The standard InChI is InChI=1S/C6H12O6S/c1-6(7)11-4-3-5-12-13(8,9)10-2/h3-5H2,1-2H3. The minimum absolute atomic E-state index is 0.0660. The lowest BCUT2D eigenvalue weighted by molar-refractivity contribution is -0.141. The molecule has 0 atom stereocenters. The summed E-state index contributed by atoms with van der Waals surface area (Å²) in [4.78, 5) is 10.3. The van der Waals surface area contributed by atoms with Crippen LogP contribution in [0.5, 0.6) is 0 Å². The normalized spacial score (nSPS) is 11.2. The maximum Gasteiger partial charge on any atom is 0.399 e. The van der Waals surface area contributed by atoms with Crippen LogP contribution in [-0.2, 0) is 28.3 Å². The van der Waals surface area contributed by atoms with E-state index in [1.807, 2.05) is 0 Å². The van der Waals surface area contributed by atoms with Crippen molar-refractivity contribution in [3.05, 3.63) is 0 Å². The van der Waals surface area contributed by atoms with Crippen molar-refractivity contribution in [2.24, 2.45) is 0 Å². The highest BCUT2D eigenvalue weighted by atomic mass is 32.3. The zero-order chi connectivity index (χ0) is 10.3. The molecule has 0 unspecified atom stereocenters. The maximum atomic E-state index is 10.5. The molecular formula is C6H12O6S. The van der Waals surface area contributed by atoms with Gasteiger partial charge in [0.25, 0.3) is 0 Å². The molecule has 0 N–H and O–H groups in total. The molecule has 0 radical (unpaired) electrons. The molecule has 0 aliphatic rings. The Hall–Kier alpha value is -0.660. The number of carbonyl (C=O) groups is 1. The van der Waals surface area contributed by atoms with Crippen molar-refractivity contribution in [1.82, 2.24) is 0 Å². The van der Waals surface area contributed by atoms with E-state index >= 15 is 0 Å². The van der Waals surface area contributed by atoms with E-state index in [4.69, 9.17) is 0 Å². The van der Waals surface area contributed by atoms with E-state index < -0.39 is 16.4 Å². The first kappa shape index (κ1) is 12.3. The lowest BCUT2D eigenvalue weighted by atomic mass is 10.5. The first-order valence-electron chi connectivity index (χ1n) is 3.56. The van der Waals surface area contributed by atoms with Gasteiger partial charge in [-0.15, -0.1) is 0 Å². The molecule has 13 heavy (non-hydrogen) atoms. The number of hydrogen-bond acceptors (Lipinski definition) is 6. The van der Waals surface area contributed by atoms with Gasteiger partial charge in [-0.25, -0.2) is 4.18 Å². The van der Waals surface area contributed by atoms with Gasteiger partial charge in [-0.2, -0.15) is 8.42 Å². The third-order valence-corrected chi connectivity index (χ3v) is 1.89. The summed E-state index contributed by atoms with van der Waals surface area (Å²) in [5.41, 5.74) is 0. The highest BCUT2D eigenvalue weighted by Crippen LogP contribution is 1.94.